The summed E-state index contributed by atoms with van der Waals surface area (Å²) in [6.45, 7) is 2.87. The molecule has 0 bridgehead atoms. The quantitative estimate of drug-likeness (QED) is 0.896. The molecular formula is C13H20ClN3O2S. The molecule has 5 nitrogen and oxygen atoms in total. The van der Waals surface area contributed by atoms with Crippen molar-refractivity contribution in [1.29, 1.82) is 0 Å². The molecule has 1 fully saturated rings. The number of nitrogens with two attached hydrogens (primary N) is 1. The van der Waals surface area contributed by atoms with Crippen LogP contribution in [0.15, 0.2) is 24.3 Å². The van der Waals surface area contributed by atoms with Crippen molar-refractivity contribution in [1.82, 2.24) is 9.21 Å². The van der Waals surface area contributed by atoms with Gasteiger partial charge in [-0.25, -0.2) is 8.42 Å². The third-order valence-corrected chi connectivity index (χ3v) is 5.18. The second-order valence-corrected chi connectivity index (χ2v) is 7.42. The Morgan fingerprint density at radius 2 is 1.95 bits per heavy atom. The van der Waals surface area contributed by atoms with Crippen LogP contribution in [0.25, 0.3) is 0 Å². The Bertz CT molecular complexity index is 556. The van der Waals surface area contributed by atoms with Crippen LogP contribution in [-0.2, 0) is 10.0 Å². The van der Waals surface area contributed by atoms with Crippen LogP contribution in [0.1, 0.15) is 11.6 Å². The molecule has 7 heteroatoms. The van der Waals surface area contributed by atoms with Crippen LogP contribution in [0, 0.1) is 0 Å². The molecule has 0 aromatic heterocycles. The lowest BCUT2D eigenvalue weighted by Crippen LogP contribution is -2.50. The number of halogens is 1. The summed E-state index contributed by atoms with van der Waals surface area (Å²) in [6, 6.07) is 7.75. The van der Waals surface area contributed by atoms with Crippen LogP contribution in [-0.4, -0.2) is 56.6 Å². The van der Waals surface area contributed by atoms with Gasteiger partial charge in [0.15, 0.2) is 0 Å². The van der Waals surface area contributed by atoms with Gasteiger partial charge < -0.3 is 5.73 Å². The predicted octanol–water partition coefficient (Wildman–Crippen LogP) is 0.917. The van der Waals surface area contributed by atoms with Crippen LogP contribution in [0.3, 0.4) is 0 Å². The summed E-state index contributed by atoms with van der Waals surface area (Å²) in [5.74, 6) is 0. The molecule has 1 aromatic carbocycles. The van der Waals surface area contributed by atoms with E-state index in [0.717, 1.165) is 5.56 Å². The first-order chi connectivity index (χ1) is 9.41. The lowest BCUT2D eigenvalue weighted by atomic mass is 10.0. The van der Waals surface area contributed by atoms with Crippen LogP contribution >= 0.6 is 11.6 Å². The minimum atomic E-state index is -3.10. The highest BCUT2D eigenvalue weighted by Crippen LogP contribution is 2.24. The summed E-state index contributed by atoms with van der Waals surface area (Å²) in [7, 11) is -3.10. The first kappa shape index (κ1) is 15.7. The maximum absolute atomic E-state index is 11.5. The summed E-state index contributed by atoms with van der Waals surface area (Å²) < 4.78 is 24.5. The molecule has 1 unspecified atom stereocenters. The van der Waals surface area contributed by atoms with Crippen molar-refractivity contribution < 1.29 is 8.42 Å². The highest BCUT2D eigenvalue weighted by Gasteiger charge is 2.27. The second kappa shape index (κ2) is 6.41. The predicted molar refractivity (Wildman–Crippen MR) is 81.2 cm³/mol. The number of hydrogen-bond acceptors (Lipinski definition) is 4. The molecule has 1 aliphatic heterocycles. The first-order valence-electron chi connectivity index (χ1n) is 6.56. The maximum atomic E-state index is 11.5. The van der Waals surface area contributed by atoms with E-state index in [-0.39, 0.29) is 6.04 Å². The van der Waals surface area contributed by atoms with Gasteiger partial charge >= 0.3 is 0 Å². The molecule has 0 amide bonds. The average Bonchev–Trinajstić information content (AvgIpc) is 2.39. The van der Waals surface area contributed by atoms with Gasteiger partial charge in [-0.3, -0.25) is 4.90 Å². The van der Waals surface area contributed by atoms with Gasteiger partial charge in [0.05, 0.1) is 6.26 Å². The molecule has 2 rings (SSSR count). The van der Waals surface area contributed by atoms with Crippen molar-refractivity contribution in [3.05, 3.63) is 34.9 Å². The Kier molecular flexibility index (Phi) is 5.04. The Morgan fingerprint density at radius 1 is 1.30 bits per heavy atom. The average molecular weight is 318 g/mol. The lowest BCUT2D eigenvalue weighted by molar-refractivity contribution is 0.140. The summed E-state index contributed by atoms with van der Waals surface area (Å²) in [4.78, 5) is 2.22. The van der Waals surface area contributed by atoms with Crippen molar-refractivity contribution >= 4 is 21.6 Å². The molecule has 0 spiro atoms. The van der Waals surface area contributed by atoms with Gasteiger partial charge in [0.1, 0.15) is 0 Å². The summed E-state index contributed by atoms with van der Waals surface area (Å²) in [5, 5.41) is 0.690. The highest BCUT2D eigenvalue weighted by atomic mass is 35.5. The molecule has 112 valence electrons. The van der Waals surface area contributed by atoms with E-state index in [1.807, 2.05) is 24.3 Å². The van der Waals surface area contributed by atoms with E-state index < -0.39 is 10.0 Å². The molecule has 2 N–H and O–H groups in total. The number of nitrogens with zero attached hydrogens (tertiary/aromatic N) is 2. The fraction of sp³-hybridized carbons (Fsp3) is 0.538. The zero-order chi connectivity index (χ0) is 14.8. The minimum absolute atomic E-state index is 0.0791. The minimum Gasteiger partial charge on any atom is -0.329 e. The third kappa shape index (κ3) is 3.71. The van der Waals surface area contributed by atoms with Crippen LogP contribution in [0.5, 0.6) is 0 Å². The SMILES string of the molecule is CS(=O)(=O)N1CCN(C(CN)c2cccc(Cl)c2)CC1. The smallest absolute Gasteiger partial charge is 0.211 e. The molecule has 1 saturated heterocycles. The van der Waals surface area contributed by atoms with Crippen LogP contribution in [0.4, 0.5) is 0 Å². The summed E-state index contributed by atoms with van der Waals surface area (Å²) >= 11 is 6.02. The van der Waals surface area contributed by atoms with Crippen LogP contribution < -0.4 is 5.73 Å². The summed E-state index contributed by atoms with van der Waals surface area (Å²) in [5.41, 5.74) is 6.97. The fourth-order valence-corrected chi connectivity index (χ4v) is 3.58. The van der Waals surface area contributed by atoms with Gasteiger partial charge in [-0.2, -0.15) is 4.31 Å². The largest absolute Gasteiger partial charge is 0.329 e. The molecule has 1 aromatic rings. The Morgan fingerprint density at radius 3 is 2.45 bits per heavy atom. The standard InChI is InChI=1S/C13H20ClN3O2S/c1-20(18,19)17-7-5-16(6-8-17)13(10-15)11-3-2-4-12(14)9-11/h2-4,9,13H,5-8,10,15H2,1H3. The fourth-order valence-electron chi connectivity index (χ4n) is 2.56. The number of piperazine rings is 1. The Labute approximate surface area is 125 Å². The van der Waals surface area contributed by atoms with Crippen molar-refractivity contribution in [3.8, 4) is 0 Å². The van der Waals surface area contributed by atoms with Gasteiger partial charge in [0.2, 0.25) is 10.0 Å². The van der Waals surface area contributed by atoms with Crippen molar-refractivity contribution in [2.75, 3.05) is 39.0 Å². The normalized spacial score (nSPS) is 19.9. The zero-order valence-electron chi connectivity index (χ0n) is 11.5. The first-order valence-corrected chi connectivity index (χ1v) is 8.79. The van der Waals surface area contributed by atoms with Gasteiger partial charge in [-0.05, 0) is 17.7 Å². The third-order valence-electron chi connectivity index (χ3n) is 3.64. The van der Waals surface area contributed by atoms with E-state index in [9.17, 15) is 8.42 Å². The maximum Gasteiger partial charge on any atom is 0.211 e. The van der Waals surface area contributed by atoms with Gasteiger partial charge in [0.25, 0.3) is 0 Å². The molecule has 0 aliphatic carbocycles. The number of benzene rings is 1. The van der Waals surface area contributed by atoms with Gasteiger partial charge in [-0.1, -0.05) is 23.7 Å². The molecule has 1 aliphatic rings. The van der Waals surface area contributed by atoms with Crippen molar-refractivity contribution in [2.24, 2.45) is 5.73 Å². The molecule has 1 atom stereocenters. The van der Waals surface area contributed by atoms with E-state index in [1.54, 1.807) is 0 Å². The number of sulfonamides is 1. The van der Waals surface area contributed by atoms with Gasteiger partial charge in [-0.15, -0.1) is 0 Å². The molecule has 1 heterocycles. The zero-order valence-corrected chi connectivity index (χ0v) is 13.1. The Hall–Kier alpha value is -0.660. The monoisotopic (exact) mass is 317 g/mol. The van der Waals surface area contributed by atoms with Crippen molar-refractivity contribution in [2.45, 2.75) is 6.04 Å². The topological polar surface area (TPSA) is 66.6 Å². The molecule has 20 heavy (non-hydrogen) atoms. The van der Waals surface area contributed by atoms with E-state index in [2.05, 4.69) is 4.90 Å². The molecule has 0 radical (unpaired) electrons. The van der Waals surface area contributed by atoms with E-state index >= 15 is 0 Å². The summed E-state index contributed by atoms with van der Waals surface area (Å²) in [6.07, 6.45) is 1.25. The molecule has 0 saturated carbocycles. The van der Waals surface area contributed by atoms with E-state index in [0.29, 0.717) is 37.7 Å². The van der Waals surface area contributed by atoms with E-state index in [4.69, 9.17) is 17.3 Å². The van der Waals surface area contributed by atoms with Crippen LogP contribution in [0.2, 0.25) is 5.02 Å². The number of rotatable bonds is 4. The molecular weight excluding hydrogens is 298 g/mol. The Balaban J connectivity index is 2.08. The van der Waals surface area contributed by atoms with Gasteiger partial charge in [0, 0.05) is 43.8 Å². The number of hydrogen-bond donors (Lipinski definition) is 1. The van der Waals surface area contributed by atoms with E-state index in [1.165, 1.54) is 10.6 Å². The highest BCUT2D eigenvalue weighted by molar-refractivity contribution is 7.88. The lowest BCUT2D eigenvalue weighted by Gasteiger charge is -2.38. The van der Waals surface area contributed by atoms with Crippen molar-refractivity contribution in [3.63, 3.8) is 0 Å². The second-order valence-electron chi connectivity index (χ2n) is 5.00.